The number of para-hydroxylation sites is 3. The molecule has 0 fully saturated rings. The van der Waals surface area contributed by atoms with Crippen molar-refractivity contribution in [3.63, 3.8) is 0 Å². The second kappa shape index (κ2) is 11.5. The molecule has 0 radical (unpaired) electrons. The molecule has 0 unspecified atom stereocenters. The molecule has 0 saturated heterocycles. The highest BCUT2D eigenvalue weighted by molar-refractivity contribution is 6.11. The minimum atomic E-state index is 0.722. The van der Waals surface area contributed by atoms with Crippen molar-refractivity contribution in [3.05, 3.63) is 182 Å². The second-order valence-electron chi connectivity index (χ2n) is 11.7. The second-order valence-corrected chi connectivity index (χ2v) is 11.7. The highest BCUT2D eigenvalue weighted by atomic mass is 15.0. The molecule has 0 spiro atoms. The number of anilines is 1. The molecule has 220 valence electrons. The van der Waals surface area contributed by atoms with Crippen LogP contribution in [0.25, 0.3) is 60.8 Å². The number of nitrogen functional groups attached to an aromatic ring is 1. The fourth-order valence-corrected chi connectivity index (χ4v) is 6.81. The van der Waals surface area contributed by atoms with Crippen molar-refractivity contribution in [1.82, 2.24) is 9.13 Å². The molecular weight excluding hydrogens is 558 g/mol. The smallest absolute Gasteiger partial charge is 0.0549 e. The van der Waals surface area contributed by atoms with Crippen molar-refractivity contribution < 1.29 is 0 Å². The molecule has 0 saturated carbocycles. The van der Waals surface area contributed by atoms with E-state index in [-0.39, 0.29) is 0 Å². The third-order valence-electron chi connectivity index (χ3n) is 8.94. The molecular formula is C43H33N3. The van der Waals surface area contributed by atoms with Crippen LogP contribution in [-0.2, 0) is 6.42 Å². The Bertz CT molecular complexity index is 2390. The summed E-state index contributed by atoms with van der Waals surface area (Å²) in [6, 6.07) is 51.6. The molecule has 0 aliphatic carbocycles. The lowest BCUT2D eigenvalue weighted by Crippen LogP contribution is -2.00. The van der Waals surface area contributed by atoms with E-state index in [9.17, 15) is 0 Å². The van der Waals surface area contributed by atoms with E-state index in [0.717, 1.165) is 45.5 Å². The van der Waals surface area contributed by atoms with E-state index in [4.69, 9.17) is 5.73 Å². The van der Waals surface area contributed by atoms with Gasteiger partial charge < -0.3 is 14.9 Å². The minimum absolute atomic E-state index is 0.722. The third kappa shape index (κ3) is 4.70. The molecule has 0 aliphatic heterocycles. The summed E-state index contributed by atoms with van der Waals surface area (Å²) in [5.41, 5.74) is 19.2. The van der Waals surface area contributed by atoms with Crippen molar-refractivity contribution in [3.8, 4) is 22.5 Å². The Kier molecular flexibility index (Phi) is 6.85. The van der Waals surface area contributed by atoms with Crippen LogP contribution in [-0.4, -0.2) is 9.13 Å². The van der Waals surface area contributed by atoms with Crippen molar-refractivity contribution in [2.45, 2.75) is 6.42 Å². The molecule has 8 aromatic rings. The Morgan fingerprint density at radius 3 is 2.02 bits per heavy atom. The van der Waals surface area contributed by atoms with Gasteiger partial charge >= 0.3 is 0 Å². The molecule has 0 bridgehead atoms. The van der Waals surface area contributed by atoms with Gasteiger partial charge in [-0.15, -0.1) is 0 Å². The first-order chi connectivity index (χ1) is 22.7. The maximum absolute atomic E-state index is 7.00. The summed E-state index contributed by atoms with van der Waals surface area (Å²) in [7, 11) is 0. The number of allylic oxidation sites excluding steroid dienone is 3. The topological polar surface area (TPSA) is 35.9 Å². The molecule has 6 aromatic carbocycles. The number of hydrogen-bond donors (Lipinski definition) is 1. The van der Waals surface area contributed by atoms with Crippen molar-refractivity contribution >= 4 is 44.0 Å². The number of nitrogens with zero attached hydrogens (tertiary/aromatic N) is 2. The Morgan fingerprint density at radius 1 is 0.609 bits per heavy atom. The minimum Gasteiger partial charge on any atom is -0.398 e. The van der Waals surface area contributed by atoms with Gasteiger partial charge in [-0.1, -0.05) is 104 Å². The van der Waals surface area contributed by atoms with E-state index in [1.807, 2.05) is 12.1 Å². The Morgan fingerprint density at radius 2 is 1.28 bits per heavy atom. The van der Waals surface area contributed by atoms with Gasteiger partial charge in [0.05, 0.1) is 16.6 Å². The molecule has 3 nitrogen and oxygen atoms in total. The van der Waals surface area contributed by atoms with Crippen LogP contribution in [0.15, 0.2) is 171 Å². The van der Waals surface area contributed by atoms with Gasteiger partial charge in [-0.25, -0.2) is 0 Å². The van der Waals surface area contributed by atoms with E-state index >= 15 is 0 Å². The first-order valence-corrected chi connectivity index (χ1v) is 15.6. The fourth-order valence-electron chi connectivity index (χ4n) is 6.81. The van der Waals surface area contributed by atoms with Crippen LogP contribution in [0.3, 0.4) is 0 Å². The lowest BCUT2D eigenvalue weighted by molar-refractivity contribution is 1.13. The Hall–Kier alpha value is -6.06. The van der Waals surface area contributed by atoms with E-state index in [1.165, 1.54) is 38.5 Å². The van der Waals surface area contributed by atoms with Crippen LogP contribution < -0.4 is 5.73 Å². The number of nitrogens with two attached hydrogens (primary N) is 1. The van der Waals surface area contributed by atoms with Gasteiger partial charge in [-0.3, -0.25) is 0 Å². The molecule has 2 aromatic heterocycles. The highest BCUT2D eigenvalue weighted by Crippen LogP contribution is 2.41. The fraction of sp³-hybridized carbons (Fsp3) is 0.0233. The van der Waals surface area contributed by atoms with Crippen LogP contribution in [0.1, 0.15) is 11.1 Å². The quantitative estimate of drug-likeness (QED) is 0.145. The first kappa shape index (κ1) is 27.5. The summed E-state index contributed by atoms with van der Waals surface area (Å²) in [6.07, 6.45) is 6.86. The van der Waals surface area contributed by atoms with Gasteiger partial charge in [0.25, 0.3) is 0 Å². The molecule has 46 heavy (non-hydrogen) atoms. The largest absolute Gasteiger partial charge is 0.398 e. The number of rotatable bonds is 7. The predicted octanol–water partition coefficient (Wildman–Crippen LogP) is 10.8. The molecule has 0 atom stereocenters. The maximum atomic E-state index is 7.00. The van der Waals surface area contributed by atoms with Crippen molar-refractivity contribution in [2.24, 2.45) is 0 Å². The summed E-state index contributed by atoms with van der Waals surface area (Å²) in [4.78, 5) is 0. The standard InChI is InChI=1S/C43H33N3/c1-2-14-31(30-15-6-3-7-16-30)25-33-27-43-39(36-21-12-13-22-41(36)46(43)35-19-10-5-11-20-35)28-37(33)38-26-32-23-24-45(42(32)29-40(38)44)34-17-8-4-9-18-34/h2-24,26-29H,1,25,44H2/b31-14+. The normalized spacial score (nSPS) is 11.9. The first-order valence-electron chi connectivity index (χ1n) is 15.6. The highest BCUT2D eigenvalue weighted by Gasteiger charge is 2.19. The van der Waals surface area contributed by atoms with Crippen LogP contribution >= 0.6 is 0 Å². The summed E-state index contributed by atoms with van der Waals surface area (Å²) in [5.74, 6) is 0. The molecule has 2 heterocycles. The van der Waals surface area contributed by atoms with Crippen LogP contribution in [0.5, 0.6) is 0 Å². The zero-order valence-corrected chi connectivity index (χ0v) is 25.5. The van der Waals surface area contributed by atoms with E-state index in [2.05, 4.69) is 168 Å². The average Bonchev–Trinajstić information content (AvgIpc) is 3.66. The molecule has 8 rings (SSSR count). The Labute approximate surface area is 268 Å². The zero-order chi connectivity index (χ0) is 31.0. The van der Waals surface area contributed by atoms with Gasteiger partial charge in [-0.2, -0.15) is 0 Å². The van der Waals surface area contributed by atoms with Gasteiger partial charge in [0.15, 0.2) is 0 Å². The summed E-state index contributed by atoms with van der Waals surface area (Å²) < 4.78 is 4.58. The SMILES string of the molecule is C=C/C=C(\Cc1cc2c(cc1-c1cc3ccn(-c4ccccc4)c3cc1N)c1ccccc1n2-c1ccccc1)c1ccccc1. The molecule has 2 N–H and O–H groups in total. The van der Waals surface area contributed by atoms with E-state index < -0.39 is 0 Å². The zero-order valence-electron chi connectivity index (χ0n) is 25.5. The van der Waals surface area contributed by atoms with E-state index in [0.29, 0.717) is 0 Å². The molecule has 0 amide bonds. The third-order valence-corrected chi connectivity index (χ3v) is 8.94. The van der Waals surface area contributed by atoms with E-state index in [1.54, 1.807) is 0 Å². The van der Waals surface area contributed by atoms with Crippen LogP contribution in [0.4, 0.5) is 5.69 Å². The maximum Gasteiger partial charge on any atom is 0.0549 e. The predicted molar refractivity (Wildman–Crippen MR) is 196 cm³/mol. The number of aromatic nitrogens is 2. The summed E-state index contributed by atoms with van der Waals surface area (Å²) in [5, 5.41) is 3.57. The van der Waals surface area contributed by atoms with Gasteiger partial charge in [0.2, 0.25) is 0 Å². The monoisotopic (exact) mass is 591 g/mol. The molecule has 0 aliphatic rings. The lowest BCUT2D eigenvalue weighted by atomic mass is 9.89. The van der Waals surface area contributed by atoms with Crippen molar-refractivity contribution in [2.75, 3.05) is 5.73 Å². The average molecular weight is 592 g/mol. The lowest BCUT2D eigenvalue weighted by Gasteiger charge is -2.17. The number of fused-ring (bicyclic) bond motifs is 4. The van der Waals surface area contributed by atoms with Gasteiger partial charge in [0, 0.05) is 45.0 Å². The summed E-state index contributed by atoms with van der Waals surface area (Å²) in [6.45, 7) is 4.05. The number of hydrogen-bond acceptors (Lipinski definition) is 1. The number of benzene rings is 6. The van der Waals surface area contributed by atoms with Gasteiger partial charge in [-0.05, 0) is 89.3 Å². The van der Waals surface area contributed by atoms with Crippen molar-refractivity contribution in [1.29, 1.82) is 0 Å². The Balaban J connectivity index is 1.40. The summed E-state index contributed by atoms with van der Waals surface area (Å²) >= 11 is 0. The van der Waals surface area contributed by atoms with Crippen LogP contribution in [0, 0.1) is 0 Å². The van der Waals surface area contributed by atoms with Crippen LogP contribution in [0.2, 0.25) is 0 Å². The molecule has 3 heteroatoms. The van der Waals surface area contributed by atoms with Gasteiger partial charge in [0.1, 0.15) is 0 Å².